The Balaban J connectivity index is 1.83. The average molecular weight is 181 g/mol. The van der Waals surface area contributed by atoms with E-state index in [9.17, 15) is 4.79 Å². The summed E-state index contributed by atoms with van der Waals surface area (Å²) in [5.74, 6) is 1.70. The van der Waals surface area contributed by atoms with Gasteiger partial charge in [0, 0.05) is 0 Å². The number of aldehydes is 1. The van der Waals surface area contributed by atoms with Crippen molar-refractivity contribution >= 4 is 6.29 Å². The van der Waals surface area contributed by atoms with Gasteiger partial charge in [0.25, 0.3) is 0 Å². The third-order valence-corrected chi connectivity index (χ3v) is 3.68. The van der Waals surface area contributed by atoms with Crippen molar-refractivity contribution in [1.82, 2.24) is 5.32 Å². The average Bonchev–Trinajstić information content (AvgIpc) is 2.67. The fourth-order valence-electron chi connectivity index (χ4n) is 2.86. The van der Waals surface area contributed by atoms with Crippen LogP contribution in [0.4, 0.5) is 0 Å². The van der Waals surface area contributed by atoms with Gasteiger partial charge in [-0.1, -0.05) is 32.1 Å². The van der Waals surface area contributed by atoms with E-state index in [0.717, 1.165) is 31.1 Å². The summed E-state index contributed by atoms with van der Waals surface area (Å²) in [7, 11) is 0. The van der Waals surface area contributed by atoms with E-state index in [-0.39, 0.29) is 6.04 Å². The van der Waals surface area contributed by atoms with Crippen molar-refractivity contribution in [1.29, 1.82) is 0 Å². The molecule has 2 heteroatoms. The summed E-state index contributed by atoms with van der Waals surface area (Å²) >= 11 is 0. The Morgan fingerprint density at radius 3 is 2.46 bits per heavy atom. The van der Waals surface area contributed by atoms with Crippen LogP contribution in [-0.2, 0) is 4.79 Å². The lowest BCUT2D eigenvalue weighted by Gasteiger charge is -2.26. The van der Waals surface area contributed by atoms with E-state index >= 15 is 0 Å². The Morgan fingerprint density at radius 1 is 1.08 bits per heavy atom. The van der Waals surface area contributed by atoms with Gasteiger partial charge in [-0.15, -0.1) is 0 Å². The standard InChI is InChI=1S/C11H19NO/c13-8-11-6-10(7-12-11)9-4-2-1-3-5-9/h8-12H,1-7H2/t10-,11+/m1/s1. The predicted molar refractivity (Wildman–Crippen MR) is 52.5 cm³/mol. The van der Waals surface area contributed by atoms with Crippen molar-refractivity contribution in [3.05, 3.63) is 0 Å². The van der Waals surface area contributed by atoms with Gasteiger partial charge in [0.05, 0.1) is 6.04 Å². The van der Waals surface area contributed by atoms with Crippen LogP contribution in [0.3, 0.4) is 0 Å². The lowest BCUT2D eigenvalue weighted by molar-refractivity contribution is -0.109. The summed E-state index contributed by atoms with van der Waals surface area (Å²) in [6.45, 7) is 1.08. The third kappa shape index (κ3) is 2.11. The first-order chi connectivity index (χ1) is 6.40. The summed E-state index contributed by atoms with van der Waals surface area (Å²) < 4.78 is 0. The minimum absolute atomic E-state index is 0.159. The molecule has 0 bridgehead atoms. The highest BCUT2D eigenvalue weighted by atomic mass is 16.1. The maximum absolute atomic E-state index is 10.6. The van der Waals surface area contributed by atoms with Crippen LogP contribution in [0.5, 0.6) is 0 Å². The van der Waals surface area contributed by atoms with Crippen LogP contribution in [0.1, 0.15) is 38.5 Å². The number of nitrogens with one attached hydrogen (secondary N) is 1. The van der Waals surface area contributed by atoms with Crippen molar-refractivity contribution in [2.75, 3.05) is 6.54 Å². The third-order valence-electron chi connectivity index (χ3n) is 3.68. The normalized spacial score (nSPS) is 36.3. The molecule has 2 aliphatic rings. The molecule has 0 aromatic carbocycles. The Morgan fingerprint density at radius 2 is 1.85 bits per heavy atom. The molecule has 2 rings (SSSR count). The van der Waals surface area contributed by atoms with E-state index in [2.05, 4.69) is 5.32 Å². The minimum Gasteiger partial charge on any atom is -0.307 e. The predicted octanol–water partition coefficient (Wildman–Crippen LogP) is 1.74. The van der Waals surface area contributed by atoms with E-state index in [0.29, 0.717) is 0 Å². The number of hydrogen-bond acceptors (Lipinski definition) is 2. The Bertz CT molecular complexity index is 175. The zero-order chi connectivity index (χ0) is 9.10. The van der Waals surface area contributed by atoms with Crippen LogP contribution in [0.15, 0.2) is 0 Å². The molecule has 1 saturated carbocycles. The van der Waals surface area contributed by atoms with Gasteiger partial charge in [-0.05, 0) is 24.8 Å². The molecule has 2 nitrogen and oxygen atoms in total. The second kappa shape index (κ2) is 4.23. The van der Waals surface area contributed by atoms with Gasteiger partial charge in [0.2, 0.25) is 0 Å². The van der Waals surface area contributed by atoms with E-state index in [4.69, 9.17) is 0 Å². The van der Waals surface area contributed by atoms with E-state index in [1.807, 2.05) is 0 Å². The second-order valence-electron chi connectivity index (χ2n) is 4.54. The Labute approximate surface area is 80.1 Å². The molecule has 0 spiro atoms. The first-order valence-electron chi connectivity index (χ1n) is 5.59. The SMILES string of the molecule is O=C[C@@H]1C[C@@H](C2CCCCC2)CN1. The van der Waals surface area contributed by atoms with Crippen LogP contribution >= 0.6 is 0 Å². The van der Waals surface area contributed by atoms with Gasteiger partial charge in [0.15, 0.2) is 0 Å². The molecule has 2 fully saturated rings. The van der Waals surface area contributed by atoms with Crippen LogP contribution in [0, 0.1) is 11.8 Å². The van der Waals surface area contributed by atoms with Crippen LogP contribution < -0.4 is 5.32 Å². The zero-order valence-electron chi connectivity index (χ0n) is 8.17. The van der Waals surface area contributed by atoms with E-state index in [1.165, 1.54) is 32.1 Å². The van der Waals surface area contributed by atoms with Gasteiger partial charge < -0.3 is 10.1 Å². The maximum Gasteiger partial charge on any atom is 0.136 e. The topological polar surface area (TPSA) is 29.1 Å². The first kappa shape index (κ1) is 9.20. The molecule has 0 aromatic rings. The van der Waals surface area contributed by atoms with Crippen molar-refractivity contribution in [3.8, 4) is 0 Å². The Hall–Kier alpha value is -0.370. The number of carbonyl (C=O) groups is 1. The van der Waals surface area contributed by atoms with Gasteiger partial charge in [-0.2, -0.15) is 0 Å². The van der Waals surface area contributed by atoms with E-state index in [1.54, 1.807) is 0 Å². The quantitative estimate of drug-likeness (QED) is 0.657. The smallest absolute Gasteiger partial charge is 0.136 e. The van der Waals surface area contributed by atoms with Crippen molar-refractivity contribution in [3.63, 3.8) is 0 Å². The molecule has 0 amide bonds. The molecule has 2 atom stereocenters. The first-order valence-corrected chi connectivity index (χ1v) is 5.59. The molecule has 1 heterocycles. The Kier molecular flexibility index (Phi) is 2.99. The van der Waals surface area contributed by atoms with Crippen molar-refractivity contribution in [2.45, 2.75) is 44.6 Å². The zero-order valence-corrected chi connectivity index (χ0v) is 8.17. The van der Waals surface area contributed by atoms with Gasteiger partial charge in [-0.25, -0.2) is 0 Å². The van der Waals surface area contributed by atoms with E-state index < -0.39 is 0 Å². The monoisotopic (exact) mass is 181 g/mol. The fourth-order valence-corrected chi connectivity index (χ4v) is 2.86. The van der Waals surface area contributed by atoms with Crippen LogP contribution in [-0.4, -0.2) is 18.9 Å². The number of rotatable bonds is 2. The summed E-state index contributed by atoms with van der Waals surface area (Å²) in [4.78, 5) is 10.6. The molecular formula is C11H19NO. The second-order valence-corrected chi connectivity index (χ2v) is 4.54. The molecule has 0 aromatic heterocycles. The molecule has 13 heavy (non-hydrogen) atoms. The van der Waals surface area contributed by atoms with Crippen molar-refractivity contribution < 1.29 is 4.79 Å². The van der Waals surface area contributed by atoms with Crippen LogP contribution in [0.2, 0.25) is 0 Å². The molecule has 1 saturated heterocycles. The molecule has 1 aliphatic heterocycles. The summed E-state index contributed by atoms with van der Waals surface area (Å²) in [5.41, 5.74) is 0. The highest BCUT2D eigenvalue weighted by Crippen LogP contribution is 2.33. The largest absolute Gasteiger partial charge is 0.307 e. The summed E-state index contributed by atoms with van der Waals surface area (Å²) in [6, 6.07) is 0.159. The highest BCUT2D eigenvalue weighted by Gasteiger charge is 2.30. The van der Waals surface area contributed by atoms with Crippen LogP contribution in [0.25, 0.3) is 0 Å². The van der Waals surface area contributed by atoms with Gasteiger partial charge in [-0.3, -0.25) is 0 Å². The molecule has 1 aliphatic carbocycles. The molecule has 0 radical (unpaired) electrons. The maximum atomic E-state index is 10.6. The molecular weight excluding hydrogens is 162 g/mol. The van der Waals surface area contributed by atoms with Crippen molar-refractivity contribution in [2.24, 2.45) is 11.8 Å². The molecule has 1 N–H and O–H groups in total. The molecule has 0 unspecified atom stereocenters. The lowest BCUT2D eigenvalue weighted by atomic mass is 9.79. The summed E-state index contributed by atoms with van der Waals surface area (Å²) in [5, 5.41) is 3.29. The lowest BCUT2D eigenvalue weighted by Crippen LogP contribution is -2.22. The fraction of sp³-hybridized carbons (Fsp3) is 0.909. The highest BCUT2D eigenvalue weighted by molar-refractivity contribution is 5.58. The molecule has 74 valence electrons. The number of hydrogen-bond donors (Lipinski definition) is 1. The number of carbonyl (C=O) groups excluding carboxylic acids is 1. The van der Waals surface area contributed by atoms with Gasteiger partial charge in [0.1, 0.15) is 6.29 Å². The minimum atomic E-state index is 0.159. The van der Waals surface area contributed by atoms with Gasteiger partial charge >= 0.3 is 0 Å². The summed E-state index contributed by atoms with van der Waals surface area (Å²) in [6.07, 6.45) is 9.21.